The number of nitrogens with zero attached hydrogens (tertiary/aromatic N) is 1. The summed E-state index contributed by atoms with van der Waals surface area (Å²) in [6.07, 6.45) is -1.50. The number of sulfonamides is 1. The largest absolute Gasteiger partial charge is 0.511 e. The van der Waals surface area contributed by atoms with Crippen LogP contribution in [0.25, 0.3) is 0 Å². The van der Waals surface area contributed by atoms with Gasteiger partial charge in [0, 0.05) is 17.7 Å². The minimum absolute atomic E-state index is 0.224. The van der Waals surface area contributed by atoms with Crippen molar-refractivity contribution in [3.8, 4) is 11.5 Å². The van der Waals surface area contributed by atoms with Crippen molar-refractivity contribution in [2.75, 3.05) is 27.4 Å². The summed E-state index contributed by atoms with van der Waals surface area (Å²) >= 11 is 0. The van der Waals surface area contributed by atoms with E-state index in [1.165, 1.54) is 14.2 Å². The van der Waals surface area contributed by atoms with E-state index in [0.717, 1.165) is 0 Å². The standard InChI is InChI=1S/C27H28F3NO6S/c1-35-24-14-8-6-12-22(24)26(19-10-4-3-5-11-19,23-13-7-9-15-25(23)36-2)37-18-20-16-21(32)17-31(20)38(33,34)27(28,29)30/h3-15,20-21,32H,16-18H2,1-2H3. The molecule has 4 rings (SSSR count). The van der Waals surface area contributed by atoms with Crippen molar-refractivity contribution in [3.63, 3.8) is 0 Å². The fraction of sp³-hybridized carbons (Fsp3) is 0.333. The third-order valence-corrected chi connectivity index (χ3v) is 8.24. The zero-order valence-electron chi connectivity index (χ0n) is 20.8. The van der Waals surface area contributed by atoms with Crippen LogP contribution in [-0.2, 0) is 20.4 Å². The van der Waals surface area contributed by atoms with Crippen molar-refractivity contribution in [1.82, 2.24) is 4.31 Å². The Morgan fingerprint density at radius 2 is 1.37 bits per heavy atom. The monoisotopic (exact) mass is 551 g/mol. The van der Waals surface area contributed by atoms with Gasteiger partial charge in [0.15, 0.2) is 5.60 Å². The van der Waals surface area contributed by atoms with Gasteiger partial charge in [-0.25, -0.2) is 8.42 Å². The molecule has 1 N–H and O–H groups in total. The molecule has 3 aromatic carbocycles. The van der Waals surface area contributed by atoms with Crippen molar-refractivity contribution in [2.24, 2.45) is 0 Å². The van der Waals surface area contributed by atoms with E-state index in [2.05, 4.69) is 0 Å². The molecule has 1 fully saturated rings. The molecule has 1 saturated heterocycles. The van der Waals surface area contributed by atoms with Crippen LogP contribution in [0.2, 0.25) is 0 Å². The molecular formula is C27H28F3NO6S. The second-order valence-electron chi connectivity index (χ2n) is 8.82. The number of halogens is 3. The van der Waals surface area contributed by atoms with Crippen molar-refractivity contribution >= 4 is 10.0 Å². The summed E-state index contributed by atoms with van der Waals surface area (Å²) in [5, 5.41) is 10.2. The van der Waals surface area contributed by atoms with Crippen molar-refractivity contribution in [2.45, 2.75) is 29.7 Å². The number of benzene rings is 3. The van der Waals surface area contributed by atoms with Gasteiger partial charge in [-0.3, -0.25) is 0 Å². The zero-order chi connectivity index (χ0) is 27.6. The molecule has 7 nitrogen and oxygen atoms in total. The number of ether oxygens (including phenoxy) is 3. The highest BCUT2D eigenvalue weighted by atomic mass is 32.2. The van der Waals surface area contributed by atoms with Gasteiger partial charge >= 0.3 is 15.5 Å². The smallest absolute Gasteiger partial charge is 0.496 e. The molecule has 2 atom stereocenters. The number of methoxy groups -OCH3 is 2. The highest BCUT2D eigenvalue weighted by molar-refractivity contribution is 7.90. The maximum absolute atomic E-state index is 13.5. The van der Waals surface area contributed by atoms with Crippen LogP contribution in [0.5, 0.6) is 11.5 Å². The van der Waals surface area contributed by atoms with Crippen LogP contribution >= 0.6 is 0 Å². The first kappa shape index (κ1) is 27.9. The first-order chi connectivity index (χ1) is 18.1. The van der Waals surface area contributed by atoms with Crippen molar-refractivity contribution in [3.05, 3.63) is 95.6 Å². The third kappa shape index (κ3) is 4.98. The van der Waals surface area contributed by atoms with Gasteiger partial charge in [-0.05, 0) is 24.1 Å². The van der Waals surface area contributed by atoms with E-state index in [0.29, 0.717) is 28.2 Å². The average molecular weight is 552 g/mol. The maximum atomic E-state index is 13.5. The number of rotatable bonds is 9. The van der Waals surface area contributed by atoms with Crippen molar-refractivity contribution in [1.29, 1.82) is 0 Å². The molecule has 0 aromatic heterocycles. The number of alkyl halides is 3. The van der Waals surface area contributed by atoms with E-state index in [4.69, 9.17) is 14.2 Å². The highest BCUT2D eigenvalue weighted by Gasteiger charge is 2.55. The van der Waals surface area contributed by atoms with Crippen LogP contribution in [-0.4, -0.2) is 62.9 Å². The lowest BCUT2D eigenvalue weighted by atomic mass is 9.79. The minimum atomic E-state index is -5.70. The fourth-order valence-corrected chi connectivity index (χ4v) is 6.08. The summed E-state index contributed by atoms with van der Waals surface area (Å²) in [6.45, 7) is -1.14. The Hall–Kier alpha value is -3.12. The third-order valence-electron chi connectivity index (χ3n) is 6.59. The summed E-state index contributed by atoms with van der Waals surface area (Å²) in [4.78, 5) is 0. The highest BCUT2D eigenvalue weighted by Crippen LogP contribution is 2.48. The van der Waals surface area contributed by atoms with Gasteiger partial charge in [0.1, 0.15) is 11.5 Å². The van der Waals surface area contributed by atoms with Crippen LogP contribution in [0.1, 0.15) is 23.1 Å². The minimum Gasteiger partial charge on any atom is -0.496 e. The molecule has 1 aliphatic heterocycles. The van der Waals surface area contributed by atoms with Crippen LogP contribution < -0.4 is 9.47 Å². The predicted molar refractivity (Wildman–Crippen MR) is 134 cm³/mol. The summed E-state index contributed by atoms with van der Waals surface area (Å²) < 4.78 is 83.3. The quantitative estimate of drug-likeness (QED) is 0.400. The molecule has 38 heavy (non-hydrogen) atoms. The molecule has 1 aliphatic rings. The summed E-state index contributed by atoms with van der Waals surface area (Å²) in [7, 11) is -2.73. The Bertz CT molecular complexity index is 1300. The number of hydrogen-bond acceptors (Lipinski definition) is 6. The van der Waals surface area contributed by atoms with E-state index >= 15 is 0 Å². The molecule has 0 aliphatic carbocycles. The average Bonchev–Trinajstić information content (AvgIpc) is 3.30. The predicted octanol–water partition coefficient (Wildman–Crippen LogP) is 4.30. The molecule has 2 unspecified atom stereocenters. The summed E-state index contributed by atoms with van der Waals surface area (Å²) in [5.41, 5.74) is -5.33. The van der Waals surface area contributed by atoms with Crippen LogP contribution in [0.15, 0.2) is 78.9 Å². The number of β-amino-alcohol motifs (C(OH)–C–C–N with tert-alkyl or cyclic N) is 1. The van der Waals surface area contributed by atoms with Crippen LogP contribution in [0.3, 0.4) is 0 Å². The topological polar surface area (TPSA) is 85.3 Å². The second kappa shape index (κ2) is 10.9. The first-order valence-corrected chi connectivity index (χ1v) is 13.2. The number of para-hydroxylation sites is 2. The normalized spacial score (nSPS) is 18.9. The molecule has 11 heteroatoms. The summed E-state index contributed by atoms with van der Waals surface area (Å²) in [6, 6.07) is 21.8. The number of aliphatic hydroxyl groups is 1. The summed E-state index contributed by atoms with van der Waals surface area (Å²) in [5.74, 6) is 0.877. The fourth-order valence-electron chi connectivity index (χ4n) is 4.90. The molecule has 0 saturated carbocycles. The molecule has 0 amide bonds. The van der Waals surface area contributed by atoms with Gasteiger partial charge in [-0.2, -0.15) is 17.5 Å². The number of hydrogen-bond donors (Lipinski definition) is 1. The van der Waals surface area contributed by atoms with Gasteiger partial charge in [-0.15, -0.1) is 0 Å². The van der Waals surface area contributed by atoms with Gasteiger partial charge in [0.25, 0.3) is 0 Å². The van der Waals surface area contributed by atoms with Crippen molar-refractivity contribution < 1.29 is 40.9 Å². The van der Waals surface area contributed by atoms with E-state index in [-0.39, 0.29) is 10.7 Å². The first-order valence-electron chi connectivity index (χ1n) is 11.8. The Morgan fingerprint density at radius 1 is 0.868 bits per heavy atom. The lowest BCUT2D eigenvalue weighted by molar-refractivity contribution is -0.0524. The Labute approximate surface area is 219 Å². The molecular weight excluding hydrogens is 523 g/mol. The van der Waals surface area contributed by atoms with Gasteiger partial charge in [-0.1, -0.05) is 66.7 Å². The van der Waals surface area contributed by atoms with Crippen LogP contribution in [0.4, 0.5) is 13.2 Å². The second-order valence-corrected chi connectivity index (χ2v) is 10.7. The molecule has 3 aromatic rings. The molecule has 0 radical (unpaired) electrons. The van der Waals surface area contributed by atoms with Gasteiger partial charge in [0.2, 0.25) is 0 Å². The number of aliphatic hydroxyl groups excluding tert-OH is 1. The van der Waals surface area contributed by atoms with Gasteiger partial charge < -0.3 is 19.3 Å². The van der Waals surface area contributed by atoms with E-state index < -0.39 is 46.4 Å². The Kier molecular flexibility index (Phi) is 8.03. The zero-order valence-corrected chi connectivity index (χ0v) is 21.6. The van der Waals surface area contributed by atoms with Crippen LogP contribution in [0, 0.1) is 0 Å². The molecule has 0 bridgehead atoms. The Balaban J connectivity index is 1.92. The lowest BCUT2D eigenvalue weighted by Crippen LogP contribution is -2.46. The molecule has 0 spiro atoms. The SMILES string of the molecule is COc1ccccc1C(OCC1CC(O)CN1S(=O)(=O)C(F)(F)F)(c1ccccc1)c1ccccc1OC. The molecule has 1 heterocycles. The van der Waals surface area contributed by atoms with E-state index in [1.54, 1.807) is 72.8 Å². The Morgan fingerprint density at radius 3 is 1.87 bits per heavy atom. The maximum Gasteiger partial charge on any atom is 0.511 e. The van der Waals surface area contributed by atoms with Gasteiger partial charge in [0.05, 0.1) is 33.0 Å². The lowest BCUT2D eigenvalue weighted by Gasteiger charge is -2.38. The van der Waals surface area contributed by atoms with E-state index in [9.17, 15) is 26.7 Å². The molecule has 204 valence electrons. The van der Waals surface area contributed by atoms with E-state index in [1.807, 2.05) is 6.07 Å².